The van der Waals surface area contributed by atoms with Gasteiger partial charge in [-0.3, -0.25) is 19.8 Å². The molecule has 0 saturated carbocycles. The summed E-state index contributed by atoms with van der Waals surface area (Å²) in [5, 5.41) is 11.0. The molecule has 7 nitrogen and oxygen atoms in total. The van der Waals surface area contributed by atoms with E-state index in [2.05, 4.69) is 4.90 Å². The van der Waals surface area contributed by atoms with Crippen molar-refractivity contribution in [3.63, 3.8) is 0 Å². The van der Waals surface area contributed by atoms with Crippen LogP contribution in [0.15, 0.2) is 36.4 Å². The molecular formula is C21H22F3N3O4. The molecule has 1 saturated heterocycles. The molecular weight excluding hydrogens is 415 g/mol. The molecule has 1 aliphatic heterocycles. The van der Waals surface area contributed by atoms with E-state index in [1.165, 1.54) is 12.1 Å². The smallest absolute Gasteiger partial charge is 0.314 e. The number of nitrogens with zero attached hydrogens (tertiary/aromatic N) is 3. The summed E-state index contributed by atoms with van der Waals surface area (Å²) in [6, 6.07) is 7.39. The fourth-order valence-corrected chi connectivity index (χ4v) is 3.61. The van der Waals surface area contributed by atoms with Crippen LogP contribution in [0, 0.1) is 27.6 Å². The molecule has 0 aromatic heterocycles. The first-order valence-corrected chi connectivity index (χ1v) is 9.70. The van der Waals surface area contributed by atoms with Crippen molar-refractivity contribution in [3.8, 4) is 5.75 Å². The van der Waals surface area contributed by atoms with Gasteiger partial charge in [0.25, 0.3) is 5.91 Å². The summed E-state index contributed by atoms with van der Waals surface area (Å²) < 4.78 is 45.6. The van der Waals surface area contributed by atoms with Gasteiger partial charge >= 0.3 is 5.69 Å². The van der Waals surface area contributed by atoms with Crippen LogP contribution in [0.3, 0.4) is 0 Å². The monoisotopic (exact) mass is 437 g/mol. The minimum absolute atomic E-state index is 0.0227. The molecule has 1 amide bonds. The third kappa shape index (κ3) is 5.13. The fourth-order valence-electron chi connectivity index (χ4n) is 3.61. The third-order valence-electron chi connectivity index (χ3n) is 5.30. The summed E-state index contributed by atoms with van der Waals surface area (Å²) in [4.78, 5) is 26.5. The van der Waals surface area contributed by atoms with Crippen molar-refractivity contribution < 1.29 is 27.6 Å². The number of carbonyl (C=O) groups is 1. The van der Waals surface area contributed by atoms with Crippen LogP contribution < -0.4 is 4.74 Å². The van der Waals surface area contributed by atoms with Gasteiger partial charge in [-0.05, 0) is 37.6 Å². The Morgan fingerprint density at radius 3 is 2.42 bits per heavy atom. The molecule has 0 unspecified atom stereocenters. The molecule has 2 aromatic rings. The zero-order valence-corrected chi connectivity index (χ0v) is 17.1. The van der Waals surface area contributed by atoms with E-state index in [-0.39, 0.29) is 17.9 Å². The number of amides is 1. The van der Waals surface area contributed by atoms with Gasteiger partial charge in [0.05, 0.1) is 4.92 Å². The van der Waals surface area contributed by atoms with Gasteiger partial charge < -0.3 is 9.64 Å². The van der Waals surface area contributed by atoms with Crippen molar-refractivity contribution in [1.82, 2.24) is 9.80 Å². The number of nitro benzene ring substituents is 1. The van der Waals surface area contributed by atoms with Crippen molar-refractivity contribution >= 4 is 11.6 Å². The largest absolute Gasteiger partial charge is 0.475 e. The molecule has 0 aliphatic carbocycles. The van der Waals surface area contributed by atoms with Crippen LogP contribution in [-0.4, -0.2) is 52.4 Å². The Balaban J connectivity index is 1.64. The molecule has 0 radical (unpaired) electrons. The van der Waals surface area contributed by atoms with Crippen LogP contribution in [-0.2, 0) is 11.3 Å². The van der Waals surface area contributed by atoms with Crippen LogP contribution >= 0.6 is 0 Å². The number of ether oxygens (including phenoxy) is 1. The Labute approximate surface area is 177 Å². The summed E-state index contributed by atoms with van der Waals surface area (Å²) >= 11 is 0. The van der Waals surface area contributed by atoms with E-state index in [1.807, 2.05) is 13.8 Å². The zero-order chi connectivity index (χ0) is 22.7. The normalized spacial score (nSPS) is 19.3. The van der Waals surface area contributed by atoms with Crippen molar-refractivity contribution in [3.05, 3.63) is 69.5 Å². The Morgan fingerprint density at radius 1 is 1.10 bits per heavy atom. The Morgan fingerprint density at radius 2 is 1.77 bits per heavy atom. The van der Waals surface area contributed by atoms with Gasteiger partial charge in [-0.15, -0.1) is 0 Å². The molecule has 10 heteroatoms. The van der Waals surface area contributed by atoms with Crippen LogP contribution in [0.4, 0.5) is 18.9 Å². The molecule has 0 N–H and O–H groups in total. The van der Waals surface area contributed by atoms with Gasteiger partial charge in [0, 0.05) is 37.8 Å². The average molecular weight is 437 g/mol. The summed E-state index contributed by atoms with van der Waals surface area (Å²) in [5.74, 6) is -4.50. The second kappa shape index (κ2) is 9.34. The third-order valence-corrected chi connectivity index (χ3v) is 5.30. The zero-order valence-electron chi connectivity index (χ0n) is 17.1. The number of carbonyl (C=O) groups excluding carboxylic acids is 1. The molecule has 2 atom stereocenters. The Hall–Kier alpha value is -3.14. The molecule has 1 fully saturated rings. The van der Waals surface area contributed by atoms with E-state index in [0.717, 1.165) is 11.6 Å². The van der Waals surface area contributed by atoms with E-state index < -0.39 is 40.5 Å². The van der Waals surface area contributed by atoms with Crippen molar-refractivity contribution in [2.24, 2.45) is 0 Å². The number of benzene rings is 2. The highest BCUT2D eigenvalue weighted by Gasteiger charge is 2.33. The lowest BCUT2D eigenvalue weighted by Gasteiger charge is -2.44. The van der Waals surface area contributed by atoms with E-state index in [4.69, 9.17) is 4.74 Å². The topological polar surface area (TPSA) is 75.9 Å². The molecule has 166 valence electrons. The Kier molecular flexibility index (Phi) is 6.79. The summed E-state index contributed by atoms with van der Waals surface area (Å²) in [6.07, 6.45) is 0. The Bertz CT molecular complexity index is 971. The SMILES string of the molecule is C[C@@H]1CN(C(=O)COc2c([N+](=O)[O-])ccc(F)c2F)[C@@H](C)CN1Cc1ccc(F)cc1. The highest BCUT2D eigenvalue weighted by Crippen LogP contribution is 2.31. The molecule has 1 heterocycles. The predicted molar refractivity (Wildman–Crippen MR) is 106 cm³/mol. The first-order valence-electron chi connectivity index (χ1n) is 9.70. The minimum Gasteiger partial charge on any atom is -0.475 e. The maximum Gasteiger partial charge on any atom is 0.314 e. The average Bonchev–Trinajstić information content (AvgIpc) is 2.72. The van der Waals surface area contributed by atoms with Crippen LogP contribution in [0.1, 0.15) is 19.4 Å². The number of nitro groups is 1. The van der Waals surface area contributed by atoms with Crippen molar-refractivity contribution in [2.75, 3.05) is 19.7 Å². The summed E-state index contributed by atoms with van der Waals surface area (Å²) in [5.41, 5.74) is 0.190. The lowest BCUT2D eigenvalue weighted by molar-refractivity contribution is -0.386. The van der Waals surface area contributed by atoms with Crippen molar-refractivity contribution in [1.29, 1.82) is 0 Å². The molecule has 31 heavy (non-hydrogen) atoms. The number of hydrogen-bond donors (Lipinski definition) is 0. The predicted octanol–water partition coefficient (Wildman–Crippen LogP) is 3.51. The van der Waals surface area contributed by atoms with Gasteiger partial charge in [0.15, 0.2) is 12.4 Å². The van der Waals surface area contributed by atoms with Crippen molar-refractivity contribution in [2.45, 2.75) is 32.5 Å². The number of rotatable bonds is 6. The molecule has 0 bridgehead atoms. The van der Waals surface area contributed by atoms with Gasteiger partial charge in [-0.25, -0.2) is 8.78 Å². The second-order valence-corrected chi connectivity index (χ2v) is 7.56. The van der Waals surface area contributed by atoms with Crippen LogP contribution in [0.25, 0.3) is 0 Å². The van der Waals surface area contributed by atoms with Gasteiger partial charge in [0.1, 0.15) is 5.82 Å². The van der Waals surface area contributed by atoms with E-state index in [9.17, 15) is 28.1 Å². The van der Waals surface area contributed by atoms with Gasteiger partial charge in [-0.1, -0.05) is 12.1 Å². The lowest BCUT2D eigenvalue weighted by atomic mass is 10.1. The van der Waals surface area contributed by atoms with E-state index in [0.29, 0.717) is 25.7 Å². The highest BCUT2D eigenvalue weighted by molar-refractivity contribution is 5.78. The van der Waals surface area contributed by atoms with Crippen LogP contribution in [0.2, 0.25) is 0 Å². The molecule has 0 spiro atoms. The lowest BCUT2D eigenvalue weighted by Crippen LogP contribution is -2.58. The maximum atomic E-state index is 14.0. The molecule has 1 aliphatic rings. The number of halogens is 3. The second-order valence-electron chi connectivity index (χ2n) is 7.56. The number of piperazine rings is 1. The fraction of sp³-hybridized carbons (Fsp3) is 0.381. The highest BCUT2D eigenvalue weighted by atomic mass is 19.2. The van der Waals surface area contributed by atoms with E-state index >= 15 is 0 Å². The maximum absolute atomic E-state index is 14.0. The van der Waals surface area contributed by atoms with E-state index in [1.54, 1.807) is 17.0 Å². The summed E-state index contributed by atoms with van der Waals surface area (Å²) in [7, 11) is 0. The number of hydrogen-bond acceptors (Lipinski definition) is 5. The standard InChI is InChI=1S/C21H22F3N3O4/c1-13-10-26(14(2)9-25(13)11-15-3-5-16(22)6-4-15)19(28)12-31-21-18(27(29)30)8-7-17(23)20(21)24/h3-8,13-14H,9-12H2,1-2H3/t13-,14+/m1/s1. The van der Waals surface area contributed by atoms with Crippen LogP contribution in [0.5, 0.6) is 5.75 Å². The first-order chi connectivity index (χ1) is 14.7. The quantitative estimate of drug-likeness (QED) is 0.511. The molecule has 2 aromatic carbocycles. The minimum atomic E-state index is -1.51. The molecule has 3 rings (SSSR count). The first kappa shape index (κ1) is 22.5. The van der Waals surface area contributed by atoms with Gasteiger partial charge in [-0.2, -0.15) is 4.39 Å². The summed E-state index contributed by atoms with van der Waals surface area (Å²) in [6.45, 7) is 4.61. The van der Waals surface area contributed by atoms with Gasteiger partial charge in [0.2, 0.25) is 11.6 Å².